The second-order valence-electron chi connectivity index (χ2n) is 3.43. The van der Waals surface area contributed by atoms with Gasteiger partial charge in [0.2, 0.25) is 0 Å². The van der Waals surface area contributed by atoms with E-state index in [2.05, 4.69) is 4.98 Å². The number of halogens is 2. The van der Waals surface area contributed by atoms with Gasteiger partial charge in [-0.15, -0.1) is 0 Å². The van der Waals surface area contributed by atoms with Crippen molar-refractivity contribution in [2.24, 2.45) is 0 Å². The molecule has 0 atom stereocenters. The fraction of sp³-hybridized carbons (Fsp3) is 0.500. The van der Waals surface area contributed by atoms with E-state index in [9.17, 15) is 0 Å². The highest BCUT2D eigenvalue weighted by atomic mass is 35.5. The fourth-order valence-corrected chi connectivity index (χ4v) is 1.62. The minimum absolute atomic E-state index is 0.395. The summed E-state index contributed by atoms with van der Waals surface area (Å²) >= 11 is 11.7. The molecular formula is C10H11Cl2NO. The number of pyridine rings is 1. The largest absolute Gasteiger partial charge is 0.372 e. The Hall–Kier alpha value is -0.310. The Kier molecular flexibility index (Phi) is 3.26. The smallest absolute Gasteiger partial charge is 0.129 e. The molecule has 0 amide bonds. The Balaban J connectivity index is 1.96. The van der Waals surface area contributed by atoms with Crippen LogP contribution in [0.5, 0.6) is 0 Å². The molecular weight excluding hydrogens is 221 g/mol. The molecule has 1 aromatic rings. The number of hydrogen-bond donors (Lipinski definition) is 0. The molecule has 2 rings (SSSR count). The molecule has 0 radical (unpaired) electrons. The summed E-state index contributed by atoms with van der Waals surface area (Å²) in [4.78, 5) is 4.11. The first-order valence-corrected chi connectivity index (χ1v) is 5.44. The average Bonchev–Trinajstić information content (AvgIpc) is 2.08. The van der Waals surface area contributed by atoms with Crippen LogP contribution >= 0.6 is 23.2 Å². The van der Waals surface area contributed by atoms with Crippen molar-refractivity contribution in [3.8, 4) is 0 Å². The lowest BCUT2D eigenvalue weighted by Gasteiger charge is -2.25. The van der Waals surface area contributed by atoms with E-state index < -0.39 is 0 Å². The Morgan fingerprint density at radius 3 is 2.79 bits per heavy atom. The molecule has 0 spiro atoms. The van der Waals surface area contributed by atoms with Crippen molar-refractivity contribution in [1.29, 1.82) is 0 Å². The summed E-state index contributed by atoms with van der Waals surface area (Å²) in [5, 5.41) is 1.08. The topological polar surface area (TPSA) is 22.1 Å². The van der Waals surface area contributed by atoms with Crippen LogP contribution in [-0.4, -0.2) is 11.1 Å². The molecule has 1 heterocycles. The molecule has 0 aliphatic heterocycles. The number of rotatable bonds is 3. The summed E-state index contributed by atoms with van der Waals surface area (Å²) in [5.74, 6) is 0. The molecule has 14 heavy (non-hydrogen) atoms. The van der Waals surface area contributed by atoms with E-state index in [1.807, 2.05) is 0 Å². The summed E-state index contributed by atoms with van der Waals surface area (Å²) in [6, 6.07) is 3.42. The average molecular weight is 232 g/mol. The van der Waals surface area contributed by atoms with Gasteiger partial charge in [0.1, 0.15) is 5.15 Å². The number of hydrogen-bond acceptors (Lipinski definition) is 2. The zero-order chi connectivity index (χ0) is 9.97. The van der Waals surface area contributed by atoms with E-state index in [0.29, 0.717) is 22.9 Å². The van der Waals surface area contributed by atoms with Gasteiger partial charge in [-0.3, -0.25) is 0 Å². The number of nitrogens with zero attached hydrogens (tertiary/aromatic N) is 1. The lowest BCUT2D eigenvalue weighted by atomic mass is 9.96. The zero-order valence-electron chi connectivity index (χ0n) is 7.67. The van der Waals surface area contributed by atoms with Crippen molar-refractivity contribution >= 4 is 23.2 Å². The summed E-state index contributed by atoms with van der Waals surface area (Å²) in [7, 11) is 0. The molecule has 1 saturated carbocycles. The van der Waals surface area contributed by atoms with Crippen molar-refractivity contribution in [1.82, 2.24) is 4.98 Å². The molecule has 0 saturated heterocycles. The van der Waals surface area contributed by atoms with E-state index in [0.717, 1.165) is 18.5 Å². The standard InChI is InChI=1S/C10H11Cl2NO/c11-8-4-5-10(12)13-9(8)6-14-7-2-1-3-7/h4-5,7H,1-3,6H2. The number of aromatic nitrogens is 1. The fourth-order valence-electron chi connectivity index (χ4n) is 1.29. The zero-order valence-corrected chi connectivity index (χ0v) is 9.18. The van der Waals surface area contributed by atoms with Gasteiger partial charge in [-0.25, -0.2) is 4.98 Å². The molecule has 76 valence electrons. The van der Waals surface area contributed by atoms with Gasteiger partial charge in [0.25, 0.3) is 0 Å². The highest BCUT2D eigenvalue weighted by Crippen LogP contribution is 2.24. The van der Waals surface area contributed by atoms with E-state index in [1.165, 1.54) is 6.42 Å². The SMILES string of the molecule is Clc1ccc(Cl)c(COC2CCC2)n1. The van der Waals surface area contributed by atoms with Crippen molar-refractivity contribution < 1.29 is 4.74 Å². The quantitative estimate of drug-likeness (QED) is 0.744. The molecule has 1 aromatic heterocycles. The van der Waals surface area contributed by atoms with Crippen molar-refractivity contribution in [2.75, 3.05) is 0 Å². The van der Waals surface area contributed by atoms with Crippen molar-refractivity contribution in [2.45, 2.75) is 32.0 Å². The third kappa shape index (κ3) is 2.38. The molecule has 1 aliphatic rings. The second kappa shape index (κ2) is 4.47. The molecule has 0 bridgehead atoms. The first-order valence-electron chi connectivity index (χ1n) is 4.68. The van der Waals surface area contributed by atoms with Crippen LogP contribution in [0.1, 0.15) is 25.0 Å². The Bertz CT molecular complexity index is 326. The van der Waals surface area contributed by atoms with Gasteiger partial charge in [-0.2, -0.15) is 0 Å². The molecule has 0 unspecified atom stereocenters. The normalized spacial score (nSPS) is 16.7. The monoisotopic (exact) mass is 231 g/mol. The van der Waals surface area contributed by atoms with Gasteiger partial charge >= 0.3 is 0 Å². The van der Waals surface area contributed by atoms with Crippen LogP contribution in [0.15, 0.2) is 12.1 Å². The van der Waals surface area contributed by atoms with E-state index in [4.69, 9.17) is 27.9 Å². The second-order valence-corrected chi connectivity index (χ2v) is 4.22. The predicted octanol–water partition coefficient (Wildman–Crippen LogP) is 3.46. The maximum absolute atomic E-state index is 5.94. The van der Waals surface area contributed by atoms with Crippen LogP contribution < -0.4 is 0 Å². The highest BCUT2D eigenvalue weighted by Gasteiger charge is 2.18. The first-order chi connectivity index (χ1) is 6.75. The van der Waals surface area contributed by atoms with E-state index in [1.54, 1.807) is 12.1 Å². The summed E-state index contributed by atoms with van der Waals surface area (Å²) in [6.07, 6.45) is 3.96. The van der Waals surface area contributed by atoms with Gasteiger partial charge in [0.05, 0.1) is 23.4 Å². The third-order valence-corrected chi connectivity index (χ3v) is 2.95. The summed E-state index contributed by atoms with van der Waals surface area (Å²) < 4.78 is 5.59. The van der Waals surface area contributed by atoms with Gasteiger partial charge in [-0.05, 0) is 31.4 Å². The van der Waals surface area contributed by atoms with Crippen LogP contribution in [0.25, 0.3) is 0 Å². The first kappa shape index (κ1) is 10.2. The minimum atomic E-state index is 0.395. The Morgan fingerprint density at radius 1 is 1.36 bits per heavy atom. The van der Waals surface area contributed by atoms with Gasteiger partial charge in [0, 0.05) is 0 Å². The van der Waals surface area contributed by atoms with Crippen LogP contribution in [0.2, 0.25) is 10.2 Å². The van der Waals surface area contributed by atoms with Crippen molar-refractivity contribution in [3.63, 3.8) is 0 Å². The molecule has 0 N–H and O–H groups in total. The molecule has 0 aromatic carbocycles. The highest BCUT2D eigenvalue weighted by molar-refractivity contribution is 6.32. The van der Waals surface area contributed by atoms with Gasteiger partial charge in [-0.1, -0.05) is 23.2 Å². The lowest BCUT2D eigenvalue weighted by molar-refractivity contribution is -0.0100. The maximum Gasteiger partial charge on any atom is 0.129 e. The van der Waals surface area contributed by atoms with Crippen LogP contribution in [0.4, 0.5) is 0 Å². The van der Waals surface area contributed by atoms with Gasteiger partial charge in [0.15, 0.2) is 0 Å². The molecule has 1 aliphatic carbocycles. The van der Waals surface area contributed by atoms with Crippen molar-refractivity contribution in [3.05, 3.63) is 28.0 Å². The number of ether oxygens (including phenoxy) is 1. The molecule has 4 heteroatoms. The maximum atomic E-state index is 5.94. The lowest BCUT2D eigenvalue weighted by Crippen LogP contribution is -2.21. The minimum Gasteiger partial charge on any atom is -0.372 e. The Morgan fingerprint density at radius 2 is 2.14 bits per heavy atom. The predicted molar refractivity (Wildman–Crippen MR) is 56.7 cm³/mol. The van der Waals surface area contributed by atoms with Crippen LogP contribution in [-0.2, 0) is 11.3 Å². The Labute approximate surface area is 93.2 Å². The van der Waals surface area contributed by atoms with E-state index >= 15 is 0 Å². The van der Waals surface area contributed by atoms with Crippen LogP contribution in [0, 0.1) is 0 Å². The summed E-state index contributed by atoms with van der Waals surface area (Å²) in [5.41, 5.74) is 0.728. The summed E-state index contributed by atoms with van der Waals surface area (Å²) in [6.45, 7) is 0.462. The van der Waals surface area contributed by atoms with Gasteiger partial charge < -0.3 is 4.74 Å². The molecule has 1 fully saturated rings. The van der Waals surface area contributed by atoms with Crippen LogP contribution in [0.3, 0.4) is 0 Å². The molecule has 2 nitrogen and oxygen atoms in total. The third-order valence-electron chi connectivity index (χ3n) is 2.39. The van der Waals surface area contributed by atoms with E-state index in [-0.39, 0.29) is 0 Å².